The van der Waals surface area contributed by atoms with Crippen molar-refractivity contribution in [1.82, 2.24) is 4.98 Å². The fourth-order valence-electron chi connectivity index (χ4n) is 3.97. The van der Waals surface area contributed by atoms with E-state index < -0.39 is 44.1 Å². The van der Waals surface area contributed by atoms with Gasteiger partial charge in [0.1, 0.15) is 35.1 Å². The van der Waals surface area contributed by atoms with Crippen molar-refractivity contribution in [3.05, 3.63) is 23.6 Å². The van der Waals surface area contributed by atoms with Gasteiger partial charge in [0.15, 0.2) is 0 Å². The van der Waals surface area contributed by atoms with Gasteiger partial charge >= 0.3 is 5.97 Å². The van der Waals surface area contributed by atoms with Gasteiger partial charge in [0.25, 0.3) is 0 Å². The van der Waals surface area contributed by atoms with E-state index in [0.717, 1.165) is 6.07 Å². The van der Waals surface area contributed by atoms with Crippen molar-refractivity contribution in [3.63, 3.8) is 0 Å². The number of hydrogen-bond donors (Lipinski definition) is 1. The number of nitrogens with zero attached hydrogens (tertiary/aromatic N) is 3. The number of aliphatic imine (C=N–C) groups is 1. The number of carbonyl (C=O) groups is 1. The van der Waals surface area contributed by atoms with Crippen LogP contribution in [0, 0.1) is 5.82 Å². The van der Waals surface area contributed by atoms with E-state index in [1.807, 2.05) is 0 Å². The van der Waals surface area contributed by atoms with Crippen molar-refractivity contribution >= 4 is 27.2 Å². The molecule has 0 radical (unpaired) electrons. The average Bonchev–Trinajstić information content (AvgIpc) is 2.63. The molecular weight excluding hydrogens is 414 g/mol. The third kappa shape index (κ3) is 3.93. The van der Waals surface area contributed by atoms with Crippen molar-refractivity contribution in [2.45, 2.75) is 62.8 Å². The molecule has 2 aliphatic rings. The highest BCUT2D eigenvalue weighted by Crippen LogP contribution is 2.44. The number of aromatic nitrogens is 1. The summed E-state index contributed by atoms with van der Waals surface area (Å²) in [6.07, 6.45) is 0.854. The molecule has 0 saturated carbocycles. The molecule has 0 aromatic carbocycles. The zero-order chi connectivity index (χ0) is 22.4. The number of pyridine rings is 1. The molecule has 0 bridgehead atoms. The van der Waals surface area contributed by atoms with E-state index in [2.05, 4.69) is 14.3 Å². The van der Waals surface area contributed by atoms with Crippen molar-refractivity contribution in [3.8, 4) is 0 Å². The molecule has 3 atom stereocenters. The Morgan fingerprint density at radius 2 is 2.07 bits per heavy atom. The Hall–Kier alpha value is -2.10. The Kier molecular flexibility index (Phi) is 5.68. The number of hydrogen-bond acceptors (Lipinski definition) is 7. The number of alkyl halides is 1. The normalized spacial score (nSPS) is 31.3. The maximum Gasteiger partial charge on any atom is 0.312 e. The van der Waals surface area contributed by atoms with Crippen molar-refractivity contribution in [2.75, 3.05) is 24.7 Å². The molecule has 1 aromatic heterocycles. The van der Waals surface area contributed by atoms with Gasteiger partial charge in [0, 0.05) is 12.3 Å². The van der Waals surface area contributed by atoms with Gasteiger partial charge in [-0.15, -0.1) is 0 Å². The highest BCUT2D eigenvalue weighted by atomic mass is 32.2. The summed E-state index contributed by atoms with van der Waals surface area (Å²) in [5.41, 5.74) is 2.99. The number of fused-ring (bicyclic) bond motifs is 1. The van der Waals surface area contributed by atoms with E-state index in [0.29, 0.717) is 19.4 Å². The number of nitrogen functional groups attached to an aromatic ring is 1. The van der Waals surface area contributed by atoms with Crippen LogP contribution in [-0.4, -0.2) is 50.2 Å². The zero-order valence-electron chi connectivity index (χ0n) is 17.7. The molecular formula is C20H28F2N4O3S. The van der Waals surface area contributed by atoms with Gasteiger partial charge < -0.3 is 10.5 Å². The maximum absolute atomic E-state index is 14.7. The molecule has 30 heavy (non-hydrogen) atoms. The lowest BCUT2D eigenvalue weighted by Crippen LogP contribution is -2.57. The third-order valence-electron chi connectivity index (χ3n) is 5.47. The van der Waals surface area contributed by atoms with Crippen molar-refractivity contribution in [2.24, 2.45) is 9.36 Å². The molecule has 0 amide bonds. The summed E-state index contributed by atoms with van der Waals surface area (Å²) in [4.78, 5) is 21.1. The van der Waals surface area contributed by atoms with Crippen LogP contribution in [0.25, 0.3) is 0 Å². The standard InChI is InChI=1S/C20H28F2N4O3S/c1-18(2,3)29-16(27)10-14-19(4)8-5-9-24-30(19,28)12-20(11-21,26-14)17-13(22)6-7-15(23)25-17/h6-7H,5,8-12H2,1-4H3,(H2,23,25)/t19-,20-,30-/m0/s1. The van der Waals surface area contributed by atoms with E-state index in [4.69, 9.17) is 10.5 Å². The van der Waals surface area contributed by atoms with Crippen LogP contribution in [0.15, 0.2) is 21.5 Å². The van der Waals surface area contributed by atoms with Gasteiger partial charge in [-0.05, 0) is 52.7 Å². The number of halogens is 2. The molecule has 0 aliphatic carbocycles. The Balaban J connectivity index is 2.20. The van der Waals surface area contributed by atoms with Gasteiger partial charge in [0.05, 0.1) is 26.6 Å². The monoisotopic (exact) mass is 442 g/mol. The predicted molar refractivity (Wildman–Crippen MR) is 112 cm³/mol. The highest BCUT2D eigenvalue weighted by molar-refractivity contribution is 7.96. The Labute approximate surface area is 175 Å². The van der Waals surface area contributed by atoms with E-state index in [-0.39, 0.29) is 29.4 Å². The first-order chi connectivity index (χ1) is 13.8. The lowest BCUT2D eigenvalue weighted by molar-refractivity contribution is -0.153. The average molecular weight is 443 g/mol. The van der Waals surface area contributed by atoms with Crippen LogP contribution in [0.5, 0.6) is 0 Å². The second-order valence-corrected chi connectivity index (χ2v) is 11.8. The number of esters is 1. The number of ether oxygens (including phenoxy) is 1. The summed E-state index contributed by atoms with van der Waals surface area (Å²) in [5.74, 6) is -1.71. The third-order valence-corrected chi connectivity index (χ3v) is 8.79. The Morgan fingerprint density at radius 1 is 1.37 bits per heavy atom. The van der Waals surface area contributed by atoms with Gasteiger partial charge in [-0.3, -0.25) is 9.79 Å². The molecule has 0 fully saturated rings. The lowest BCUT2D eigenvalue weighted by Gasteiger charge is -2.45. The number of anilines is 1. The SMILES string of the molecule is CC(C)(C)OC(=O)CC1=N[C@](CF)(c2nc(N)ccc2F)C[S@@]2(=O)=NCCC[C@@]12C. The van der Waals surface area contributed by atoms with Gasteiger partial charge in [-0.25, -0.2) is 22.3 Å². The van der Waals surface area contributed by atoms with Crippen molar-refractivity contribution in [1.29, 1.82) is 0 Å². The Morgan fingerprint density at radius 3 is 2.70 bits per heavy atom. The van der Waals surface area contributed by atoms with E-state index in [1.165, 1.54) is 6.07 Å². The van der Waals surface area contributed by atoms with Crippen molar-refractivity contribution < 1.29 is 22.5 Å². The summed E-state index contributed by atoms with van der Waals surface area (Å²) in [6.45, 7) is 6.11. The van der Waals surface area contributed by atoms with E-state index in [9.17, 15) is 17.8 Å². The predicted octanol–water partition coefficient (Wildman–Crippen LogP) is 3.17. The Bertz CT molecular complexity index is 1010. The molecule has 2 aliphatic heterocycles. The topological polar surface area (TPSA) is 107 Å². The van der Waals surface area contributed by atoms with Crippen LogP contribution in [0.4, 0.5) is 14.6 Å². The molecule has 166 valence electrons. The highest BCUT2D eigenvalue weighted by Gasteiger charge is 2.54. The summed E-state index contributed by atoms with van der Waals surface area (Å²) >= 11 is 0. The summed E-state index contributed by atoms with van der Waals surface area (Å²) in [6, 6.07) is 2.34. The van der Waals surface area contributed by atoms with Crippen LogP contribution in [-0.2, 0) is 24.8 Å². The smallest absolute Gasteiger partial charge is 0.312 e. The minimum absolute atomic E-state index is 0.00742. The number of rotatable bonds is 4. The first-order valence-electron chi connectivity index (χ1n) is 9.84. The molecule has 1 aromatic rings. The van der Waals surface area contributed by atoms with Gasteiger partial charge in [0.2, 0.25) is 0 Å². The first kappa shape index (κ1) is 22.6. The van der Waals surface area contributed by atoms with Crippen LogP contribution in [0.3, 0.4) is 0 Å². The summed E-state index contributed by atoms with van der Waals surface area (Å²) in [7, 11) is -3.07. The van der Waals surface area contributed by atoms with Crippen LogP contribution >= 0.6 is 0 Å². The second kappa shape index (κ2) is 7.55. The van der Waals surface area contributed by atoms with E-state index >= 15 is 0 Å². The molecule has 2 N–H and O–H groups in total. The van der Waals surface area contributed by atoms with Crippen LogP contribution < -0.4 is 5.73 Å². The largest absolute Gasteiger partial charge is 0.460 e. The second-order valence-electron chi connectivity index (χ2n) is 9.03. The van der Waals surface area contributed by atoms with Crippen LogP contribution in [0.1, 0.15) is 52.7 Å². The maximum atomic E-state index is 14.7. The fraction of sp³-hybridized carbons (Fsp3) is 0.650. The number of carbonyl (C=O) groups excluding carboxylic acids is 1. The first-order valence-corrected chi connectivity index (χ1v) is 11.5. The lowest BCUT2D eigenvalue weighted by atomic mass is 9.91. The van der Waals surface area contributed by atoms with Gasteiger partial charge in [-0.2, -0.15) is 0 Å². The molecule has 3 rings (SSSR count). The van der Waals surface area contributed by atoms with Crippen LogP contribution in [0.2, 0.25) is 0 Å². The molecule has 0 spiro atoms. The molecule has 0 unspecified atom stereocenters. The number of nitrogens with two attached hydrogens (primary N) is 1. The van der Waals surface area contributed by atoms with E-state index in [1.54, 1.807) is 27.7 Å². The summed E-state index contributed by atoms with van der Waals surface area (Å²) in [5, 5.41) is 0. The molecule has 7 nitrogen and oxygen atoms in total. The quantitative estimate of drug-likeness (QED) is 0.721. The fourth-order valence-corrected chi connectivity index (χ4v) is 6.97. The minimum Gasteiger partial charge on any atom is -0.460 e. The molecule has 0 saturated heterocycles. The summed E-state index contributed by atoms with van der Waals surface area (Å²) < 4.78 is 51.9. The van der Waals surface area contributed by atoms with Gasteiger partial charge in [-0.1, -0.05) is 0 Å². The zero-order valence-corrected chi connectivity index (χ0v) is 18.5. The minimum atomic E-state index is -3.07. The molecule has 10 heteroatoms. The molecule has 3 heterocycles.